The maximum absolute atomic E-state index is 12.3. The van der Waals surface area contributed by atoms with Crippen LogP contribution in [-0.4, -0.2) is 36.6 Å². The number of carboxylic acid groups (broad SMARTS) is 2. The largest absolute Gasteiger partial charge is 0.480 e. The fraction of sp³-hybridized carbons (Fsp3) is 0.125. The molecule has 2 rings (SSSR count). The maximum Gasteiger partial charge on any atom is 0.335 e. The first kappa shape index (κ1) is 17.6. The van der Waals surface area contributed by atoms with E-state index in [9.17, 15) is 23.1 Å². The number of rotatable bonds is 7. The Balaban J connectivity index is 2.26. The highest BCUT2D eigenvalue weighted by Crippen LogP contribution is 2.13. The fourth-order valence-corrected chi connectivity index (χ4v) is 3.32. The van der Waals surface area contributed by atoms with Gasteiger partial charge in [-0.05, 0) is 30.2 Å². The van der Waals surface area contributed by atoms with E-state index in [4.69, 9.17) is 5.11 Å². The quantitative estimate of drug-likeness (QED) is 0.694. The van der Waals surface area contributed by atoms with Gasteiger partial charge in [0.05, 0.1) is 10.5 Å². The van der Waals surface area contributed by atoms with Crippen LogP contribution in [0.2, 0.25) is 0 Å². The number of benzene rings is 2. The molecular formula is C16H15NO6S. The lowest BCUT2D eigenvalue weighted by molar-refractivity contribution is -0.138. The Kier molecular flexibility index (Phi) is 5.32. The number of hydrogen-bond acceptors (Lipinski definition) is 4. The minimum atomic E-state index is -4.17. The van der Waals surface area contributed by atoms with Crippen molar-refractivity contribution in [3.8, 4) is 0 Å². The van der Waals surface area contributed by atoms with Crippen molar-refractivity contribution in [1.29, 1.82) is 0 Å². The Bertz CT molecular complexity index is 848. The van der Waals surface area contributed by atoms with Crippen LogP contribution in [0.25, 0.3) is 0 Å². The van der Waals surface area contributed by atoms with E-state index in [2.05, 4.69) is 4.72 Å². The summed E-state index contributed by atoms with van der Waals surface area (Å²) in [6.45, 7) is 0. The molecule has 0 aliphatic carbocycles. The zero-order valence-corrected chi connectivity index (χ0v) is 13.2. The predicted octanol–water partition coefficient (Wildman–Crippen LogP) is 1.36. The van der Waals surface area contributed by atoms with Gasteiger partial charge in [0.25, 0.3) is 0 Å². The van der Waals surface area contributed by atoms with Gasteiger partial charge >= 0.3 is 11.9 Å². The summed E-state index contributed by atoms with van der Waals surface area (Å²) in [6.07, 6.45) is -0.0337. The number of hydrogen-bond donors (Lipinski definition) is 3. The molecule has 2 aromatic carbocycles. The Hall–Kier alpha value is -2.71. The van der Waals surface area contributed by atoms with Crippen LogP contribution in [-0.2, 0) is 21.2 Å². The molecule has 7 nitrogen and oxygen atoms in total. The molecule has 24 heavy (non-hydrogen) atoms. The molecule has 2 aromatic rings. The first-order valence-electron chi connectivity index (χ1n) is 6.92. The van der Waals surface area contributed by atoms with Gasteiger partial charge in [0.1, 0.15) is 6.04 Å². The monoisotopic (exact) mass is 349 g/mol. The average molecular weight is 349 g/mol. The van der Waals surface area contributed by atoms with Crippen molar-refractivity contribution in [2.24, 2.45) is 0 Å². The van der Waals surface area contributed by atoms with Gasteiger partial charge in [0.2, 0.25) is 10.0 Å². The van der Waals surface area contributed by atoms with Crippen molar-refractivity contribution < 1.29 is 28.2 Å². The number of aromatic carboxylic acids is 1. The van der Waals surface area contributed by atoms with Crippen molar-refractivity contribution in [2.75, 3.05) is 0 Å². The van der Waals surface area contributed by atoms with Crippen LogP contribution < -0.4 is 4.72 Å². The molecule has 8 heteroatoms. The molecule has 1 atom stereocenters. The minimum Gasteiger partial charge on any atom is -0.480 e. The standard InChI is InChI=1S/C16H15NO6S/c18-15(19)12-7-4-8-13(10-12)24(22,23)17-14(16(20)21)9-11-5-2-1-3-6-11/h1-8,10,14,17H,9H2,(H,18,19)(H,20,21). The second kappa shape index (κ2) is 7.24. The van der Waals surface area contributed by atoms with E-state index in [-0.39, 0.29) is 16.9 Å². The summed E-state index contributed by atoms with van der Waals surface area (Å²) < 4.78 is 26.8. The highest BCUT2D eigenvalue weighted by molar-refractivity contribution is 7.89. The minimum absolute atomic E-state index is 0.0337. The zero-order chi connectivity index (χ0) is 17.7. The van der Waals surface area contributed by atoms with Gasteiger partial charge in [-0.15, -0.1) is 0 Å². The van der Waals surface area contributed by atoms with Gasteiger partial charge in [-0.1, -0.05) is 36.4 Å². The van der Waals surface area contributed by atoms with Crippen molar-refractivity contribution in [3.05, 3.63) is 65.7 Å². The maximum atomic E-state index is 12.3. The van der Waals surface area contributed by atoms with Crippen LogP contribution in [0.15, 0.2) is 59.5 Å². The molecule has 1 unspecified atom stereocenters. The lowest BCUT2D eigenvalue weighted by Crippen LogP contribution is -2.42. The lowest BCUT2D eigenvalue weighted by Gasteiger charge is -2.15. The summed E-state index contributed by atoms with van der Waals surface area (Å²) in [4.78, 5) is 22.0. The SMILES string of the molecule is O=C(O)c1cccc(S(=O)(=O)NC(Cc2ccccc2)C(=O)O)c1. The summed E-state index contributed by atoms with van der Waals surface area (Å²) >= 11 is 0. The van der Waals surface area contributed by atoms with E-state index in [1.54, 1.807) is 30.3 Å². The molecule has 126 valence electrons. The Morgan fingerprint density at radius 3 is 2.25 bits per heavy atom. The molecular weight excluding hydrogens is 334 g/mol. The molecule has 3 N–H and O–H groups in total. The van der Waals surface area contributed by atoms with Gasteiger partial charge in [-0.3, -0.25) is 4.79 Å². The first-order valence-corrected chi connectivity index (χ1v) is 8.40. The predicted molar refractivity (Wildman–Crippen MR) is 85.3 cm³/mol. The molecule has 0 amide bonds. The van der Waals surface area contributed by atoms with E-state index in [1.165, 1.54) is 18.2 Å². The third kappa shape index (κ3) is 4.40. The molecule has 0 heterocycles. The molecule has 0 radical (unpaired) electrons. The van der Waals surface area contributed by atoms with Gasteiger partial charge in [0, 0.05) is 0 Å². The normalized spacial score (nSPS) is 12.5. The molecule has 0 aromatic heterocycles. The number of nitrogens with one attached hydrogen (secondary N) is 1. The highest BCUT2D eigenvalue weighted by atomic mass is 32.2. The molecule has 0 aliphatic heterocycles. The molecule has 0 saturated carbocycles. The topological polar surface area (TPSA) is 121 Å². The summed E-state index contributed by atoms with van der Waals surface area (Å²) in [5.74, 6) is -2.59. The van der Waals surface area contributed by atoms with Crippen LogP contribution in [0, 0.1) is 0 Å². The number of carboxylic acids is 2. The Labute approximate surface area is 138 Å². The van der Waals surface area contributed by atoms with Crippen LogP contribution in [0.3, 0.4) is 0 Å². The molecule has 0 fully saturated rings. The molecule has 0 aliphatic rings. The smallest absolute Gasteiger partial charge is 0.335 e. The molecule has 0 bridgehead atoms. The highest BCUT2D eigenvalue weighted by Gasteiger charge is 2.26. The number of sulfonamides is 1. The van der Waals surface area contributed by atoms with Gasteiger partial charge < -0.3 is 10.2 Å². The van der Waals surface area contributed by atoms with E-state index in [0.29, 0.717) is 5.56 Å². The second-order valence-corrected chi connectivity index (χ2v) is 6.75. The van der Waals surface area contributed by atoms with Crippen molar-refractivity contribution in [1.82, 2.24) is 4.72 Å². The third-order valence-corrected chi connectivity index (χ3v) is 4.74. The average Bonchev–Trinajstić information content (AvgIpc) is 2.55. The molecule has 0 spiro atoms. The third-order valence-electron chi connectivity index (χ3n) is 3.27. The van der Waals surface area contributed by atoms with Crippen molar-refractivity contribution in [3.63, 3.8) is 0 Å². The van der Waals surface area contributed by atoms with Crippen LogP contribution >= 0.6 is 0 Å². The van der Waals surface area contributed by atoms with Crippen LogP contribution in [0.5, 0.6) is 0 Å². The van der Waals surface area contributed by atoms with E-state index in [1.807, 2.05) is 0 Å². The van der Waals surface area contributed by atoms with Gasteiger partial charge in [-0.2, -0.15) is 4.72 Å². The summed E-state index contributed by atoms with van der Waals surface area (Å²) in [7, 11) is -4.17. The van der Waals surface area contributed by atoms with E-state index < -0.39 is 28.0 Å². The number of aliphatic carboxylic acids is 1. The van der Waals surface area contributed by atoms with E-state index >= 15 is 0 Å². The Morgan fingerprint density at radius 1 is 1.00 bits per heavy atom. The zero-order valence-electron chi connectivity index (χ0n) is 12.4. The van der Waals surface area contributed by atoms with Crippen molar-refractivity contribution in [2.45, 2.75) is 17.4 Å². The van der Waals surface area contributed by atoms with Crippen LogP contribution in [0.1, 0.15) is 15.9 Å². The summed E-state index contributed by atoms with van der Waals surface area (Å²) in [5, 5.41) is 18.2. The van der Waals surface area contributed by atoms with E-state index in [0.717, 1.165) is 6.07 Å². The van der Waals surface area contributed by atoms with Crippen LogP contribution in [0.4, 0.5) is 0 Å². The van der Waals surface area contributed by atoms with Gasteiger partial charge in [-0.25, -0.2) is 13.2 Å². The Morgan fingerprint density at radius 2 is 1.67 bits per heavy atom. The fourth-order valence-electron chi connectivity index (χ4n) is 2.08. The first-order chi connectivity index (χ1) is 11.3. The van der Waals surface area contributed by atoms with Gasteiger partial charge in [0.15, 0.2) is 0 Å². The summed E-state index contributed by atoms with van der Waals surface area (Å²) in [5.41, 5.74) is 0.458. The second-order valence-electron chi connectivity index (χ2n) is 5.03. The summed E-state index contributed by atoms with van der Waals surface area (Å²) in [6, 6.07) is 11.9. The number of carbonyl (C=O) groups is 2. The van der Waals surface area contributed by atoms with Crippen molar-refractivity contribution >= 4 is 22.0 Å². The lowest BCUT2D eigenvalue weighted by atomic mass is 10.1. The molecule has 0 saturated heterocycles.